The lowest BCUT2D eigenvalue weighted by Crippen LogP contribution is -2.09. The molecule has 2 heteroatoms. The fraction of sp³-hybridized carbons (Fsp3) is 0.455. The molecule has 72 valence electrons. The Morgan fingerprint density at radius 1 is 1.38 bits per heavy atom. The maximum atomic E-state index is 13.1. The van der Waals surface area contributed by atoms with Crippen molar-refractivity contribution in [3.63, 3.8) is 0 Å². The predicted octanol–water partition coefficient (Wildman–Crippen LogP) is 3.20. The number of benzene rings is 1. The van der Waals surface area contributed by atoms with Crippen LogP contribution < -0.4 is 5.32 Å². The first-order chi connectivity index (χ1) is 6.11. The van der Waals surface area contributed by atoms with Crippen molar-refractivity contribution in [1.29, 1.82) is 0 Å². The summed E-state index contributed by atoms with van der Waals surface area (Å²) in [6, 6.07) is 5.11. The molecule has 0 aromatic heterocycles. The molecule has 0 aliphatic heterocycles. The minimum absolute atomic E-state index is 0.145. The molecule has 1 aromatic carbocycles. The Bertz CT molecular complexity index is 281. The highest BCUT2D eigenvalue weighted by atomic mass is 19.1. The van der Waals surface area contributed by atoms with Gasteiger partial charge < -0.3 is 5.32 Å². The van der Waals surface area contributed by atoms with Crippen LogP contribution in [0, 0.1) is 18.7 Å². The van der Waals surface area contributed by atoms with Gasteiger partial charge in [-0.25, -0.2) is 4.39 Å². The average molecular weight is 181 g/mol. The molecule has 0 saturated carbocycles. The molecule has 0 heterocycles. The van der Waals surface area contributed by atoms with Crippen molar-refractivity contribution in [3.8, 4) is 0 Å². The first-order valence-corrected chi connectivity index (χ1v) is 4.60. The number of anilines is 1. The van der Waals surface area contributed by atoms with Gasteiger partial charge in [0.1, 0.15) is 5.82 Å². The molecule has 0 bridgehead atoms. The van der Waals surface area contributed by atoms with Gasteiger partial charge >= 0.3 is 0 Å². The van der Waals surface area contributed by atoms with Gasteiger partial charge in [0.15, 0.2) is 0 Å². The lowest BCUT2D eigenvalue weighted by molar-refractivity contribution is 0.618. The Morgan fingerprint density at radius 2 is 2.08 bits per heavy atom. The maximum absolute atomic E-state index is 13.1. The Hall–Kier alpha value is -1.05. The van der Waals surface area contributed by atoms with E-state index in [1.165, 1.54) is 6.07 Å². The van der Waals surface area contributed by atoms with Gasteiger partial charge in [-0.15, -0.1) is 0 Å². The lowest BCUT2D eigenvalue weighted by Gasteiger charge is -2.11. The topological polar surface area (TPSA) is 12.0 Å². The molecule has 1 rings (SSSR count). The van der Waals surface area contributed by atoms with Crippen molar-refractivity contribution in [3.05, 3.63) is 29.6 Å². The lowest BCUT2D eigenvalue weighted by atomic mass is 10.1. The maximum Gasteiger partial charge on any atom is 0.128 e. The van der Waals surface area contributed by atoms with E-state index in [0.717, 1.165) is 12.2 Å². The van der Waals surface area contributed by atoms with Crippen LogP contribution in [-0.2, 0) is 0 Å². The molecule has 0 atom stereocenters. The van der Waals surface area contributed by atoms with Crippen LogP contribution in [-0.4, -0.2) is 6.54 Å². The first-order valence-electron chi connectivity index (χ1n) is 4.60. The third kappa shape index (κ3) is 2.72. The fourth-order valence-electron chi connectivity index (χ4n) is 1.11. The Kier molecular flexibility index (Phi) is 3.29. The monoisotopic (exact) mass is 181 g/mol. The van der Waals surface area contributed by atoms with E-state index in [9.17, 15) is 4.39 Å². The second-order valence-electron chi connectivity index (χ2n) is 3.69. The van der Waals surface area contributed by atoms with Crippen LogP contribution in [0.2, 0.25) is 0 Å². The molecule has 0 saturated heterocycles. The third-order valence-electron chi connectivity index (χ3n) is 1.97. The van der Waals surface area contributed by atoms with Crippen LogP contribution in [0.5, 0.6) is 0 Å². The molecule has 1 nitrogen and oxygen atoms in total. The number of halogens is 1. The highest BCUT2D eigenvalue weighted by molar-refractivity contribution is 5.50. The van der Waals surface area contributed by atoms with Crippen molar-refractivity contribution in [2.75, 3.05) is 11.9 Å². The first kappa shape index (κ1) is 10.0. The van der Waals surface area contributed by atoms with Crippen LogP contribution in [0.3, 0.4) is 0 Å². The van der Waals surface area contributed by atoms with E-state index >= 15 is 0 Å². The van der Waals surface area contributed by atoms with Crippen LogP contribution in [0.4, 0.5) is 10.1 Å². The Morgan fingerprint density at radius 3 is 2.69 bits per heavy atom. The highest BCUT2D eigenvalue weighted by Gasteiger charge is 2.02. The van der Waals surface area contributed by atoms with Crippen molar-refractivity contribution in [2.24, 2.45) is 5.92 Å². The zero-order chi connectivity index (χ0) is 9.84. The summed E-state index contributed by atoms with van der Waals surface area (Å²) < 4.78 is 13.1. The molecule has 0 aliphatic carbocycles. The summed E-state index contributed by atoms with van der Waals surface area (Å²) in [6.45, 7) is 6.92. The normalized spacial score (nSPS) is 10.5. The number of nitrogens with one attached hydrogen (secondary N) is 1. The smallest absolute Gasteiger partial charge is 0.128 e. The largest absolute Gasteiger partial charge is 0.384 e. The molecular weight excluding hydrogens is 165 g/mol. The average Bonchev–Trinajstić information content (AvgIpc) is 2.07. The van der Waals surface area contributed by atoms with Crippen molar-refractivity contribution in [1.82, 2.24) is 0 Å². The summed E-state index contributed by atoms with van der Waals surface area (Å²) in [6.07, 6.45) is 0. The van der Waals surface area contributed by atoms with E-state index in [2.05, 4.69) is 19.2 Å². The summed E-state index contributed by atoms with van der Waals surface area (Å²) >= 11 is 0. The second-order valence-corrected chi connectivity index (χ2v) is 3.69. The summed E-state index contributed by atoms with van der Waals surface area (Å²) in [4.78, 5) is 0. The second kappa shape index (κ2) is 4.26. The molecule has 13 heavy (non-hydrogen) atoms. The van der Waals surface area contributed by atoms with Crippen LogP contribution in [0.25, 0.3) is 0 Å². The van der Waals surface area contributed by atoms with E-state index in [-0.39, 0.29) is 5.82 Å². The summed E-state index contributed by atoms with van der Waals surface area (Å²) in [7, 11) is 0. The standard InChI is InChI=1S/C11H16FN/c1-8(2)7-13-11-6-4-5-10(12)9(11)3/h4-6,8,13H,7H2,1-3H3. The van der Waals surface area contributed by atoms with Crippen molar-refractivity contribution >= 4 is 5.69 Å². The van der Waals surface area contributed by atoms with E-state index in [4.69, 9.17) is 0 Å². The number of hydrogen-bond donors (Lipinski definition) is 1. The van der Waals surface area contributed by atoms with Gasteiger partial charge in [0.05, 0.1) is 0 Å². The van der Waals surface area contributed by atoms with Crippen LogP contribution in [0.15, 0.2) is 18.2 Å². The zero-order valence-electron chi connectivity index (χ0n) is 8.39. The molecular formula is C11H16FN. The quantitative estimate of drug-likeness (QED) is 0.755. The predicted molar refractivity (Wildman–Crippen MR) is 54.5 cm³/mol. The SMILES string of the molecule is Cc1c(F)cccc1NCC(C)C. The number of rotatable bonds is 3. The molecule has 0 aliphatic rings. The molecule has 0 radical (unpaired) electrons. The van der Waals surface area contributed by atoms with E-state index in [1.54, 1.807) is 13.0 Å². The minimum atomic E-state index is -0.145. The van der Waals surface area contributed by atoms with Gasteiger partial charge in [0.2, 0.25) is 0 Å². The minimum Gasteiger partial charge on any atom is -0.384 e. The van der Waals surface area contributed by atoms with Crippen LogP contribution in [0.1, 0.15) is 19.4 Å². The highest BCUT2D eigenvalue weighted by Crippen LogP contribution is 2.17. The zero-order valence-corrected chi connectivity index (χ0v) is 8.39. The summed E-state index contributed by atoms with van der Waals surface area (Å²) in [5.41, 5.74) is 1.59. The Labute approximate surface area is 79.0 Å². The molecule has 0 amide bonds. The molecule has 0 spiro atoms. The van der Waals surface area contributed by atoms with Crippen LogP contribution >= 0.6 is 0 Å². The summed E-state index contributed by atoms with van der Waals surface area (Å²) in [5, 5.41) is 3.21. The molecule has 1 aromatic rings. The Balaban J connectivity index is 2.71. The van der Waals surface area contributed by atoms with Gasteiger partial charge in [-0.1, -0.05) is 19.9 Å². The molecule has 0 fully saturated rings. The fourth-order valence-corrected chi connectivity index (χ4v) is 1.11. The van der Waals surface area contributed by atoms with Gasteiger partial charge in [-0.05, 0) is 25.0 Å². The van der Waals surface area contributed by atoms with E-state index < -0.39 is 0 Å². The molecule has 1 N–H and O–H groups in total. The van der Waals surface area contributed by atoms with E-state index in [1.807, 2.05) is 6.07 Å². The van der Waals surface area contributed by atoms with E-state index in [0.29, 0.717) is 11.5 Å². The third-order valence-corrected chi connectivity index (χ3v) is 1.97. The molecule has 0 unspecified atom stereocenters. The van der Waals surface area contributed by atoms with Gasteiger partial charge in [-0.3, -0.25) is 0 Å². The van der Waals surface area contributed by atoms with Crippen molar-refractivity contribution < 1.29 is 4.39 Å². The van der Waals surface area contributed by atoms with Gasteiger partial charge in [-0.2, -0.15) is 0 Å². The number of hydrogen-bond acceptors (Lipinski definition) is 1. The van der Waals surface area contributed by atoms with Gasteiger partial charge in [0, 0.05) is 17.8 Å². The van der Waals surface area contributed by atoms with Crippen molar-refractivity contribution in [2.45, 2.75) is 20.8 Å². The summed E-state index contributed by atoms with van der Waals surface area (Å²) in [5.74, 6) is 0.427. The van der Waals surface area contributed by atoms with Gasteiger partial charge in [0.25, 0.3) is 0 Å².